The summed E-state index contributed by atoms with van der Waals surface area (Å²) in [7, 11) is 0. The maximum absolute atomic E-state index is 11.3. The zero-order valence-electron chi connectivity index (χ0n) is 8.42. The van der Waals surface area contributed by atoms with Crippen LogP contribution in [0.3, 0.4) is 0 Å². The largest absolute Gasteiger partial charge is 0.353 e. The zero-order valence-corrected chi connectivity index (χ0v) is 8.42. The van der Waals surface area contributed by atoms with Crippen molar-refractivity contribution < 1.29 is 18.9 Å². The van der Waals surface area contributed by atoms with Crippen LogP contribution in [0, 0.1) is 0 Å². The van der Waals surface area contributed by atoms with Gasteiger partial charge < -0.3 is 9.47 Å². The Hall–Kier alpha value is -0.190. The van der Waals surface area contributed by atoms with Crippen LogP contribution in [0.5, 0.6) is 0 Å². The van der Waals surface area contributed by atoms with Crippen molar-refractivity contribution in [2.75, 3.05) is 19.8 Å². The first-order valence-corrected chi connectivity index (χ1v) is 4.81. The van der Waals surface area contributed by atoms with Gasteiger partial charge in [0.1, 0.15) is 0 Å². The normalized spacial score (nSPS) is 13.2. The van der Waals surface area contributed by atoms with Crippen molar-refractivity contribution in [2.24, 2.45) is 0 Å². The Morgan fingerprint density at radius 2 is 1.92 bits per heavy atom. The summed E-state index contributed by atoms with van der Waals surface area (Å²) in [6.45, 7) is 5.35. The smallest absolute Gasteiger partial charge is 0.157 e. The van der Waals surface area contributed by atoms with Crippen molar-refractivity contribution >= 4 is 0 Å². The molecule has 1 atom stereocenters. The highest BCUT2D eigenvalue weighted by atomic mass is 19.3. The summed E-state index contributed by atoms with van der Waals surface area (Å²) in [6, 6.07) is 0. The van der Waals surface area contributed by atoms with Gasteiger partial charge in [-0.25, -0.2) is 0 Å². The van der Waals surface area contributed by atoms with Crippen molar-refractivity contribution in [3.05, 3.63) is 0 Å². The molecule has 0 aliphatic rings. The molecule has 0 aliphatic heterocycles. The molecule has 0 aromatic rings. The van der Waals surface area contributed by atoms with Gasteiger partial charge in [0, 0.05) is 19.6 Å². The van der Waals surface area contributed by atoms with Gasteiger partial charge >= 0.3 is 0 Å². The third kappa shape index (κ3) is 8.15. The first-order valence-electron chi connectivity index (χ1n) is 4.81. The van der Waals surface area contributed by atoms with E-state index in [1.165, 1.54) is 0 Å². The zero-order chi connectivity index (χ0) is 9.94. The summed E-state index contributed by atoms with van der Waals surface area (Å²) < 4.78 is 22.0. The second-order valence-electron chi connectivity index (χ2n) is 2.71. The molecule has 0 bridgehead atoms. The van der Waals surface area contributed by atoms with Gasteiger partial charge in [-0.3, -0.25) is 0 Å². The van der Waals surface area contributed by atoms with Crippen LogP contribution in [0.1, 0.15) is 33.1 Å². The average Bonchev–Trinajstić information content (AvgIpc) is 2.14. The van der Waals surface area contributed by atoms with E-state index in [4.69, 9.17) is 9.47 Å². The van der Waals surface area contributed by atoms with Gasteiger partial charge in [0.2, 0.25) is 0 Å². The lowest BCUT2D eigenvalue weighted by molar-refractivity contribution is -0.160. The minimum atomic E-state index is -0.208. The van der Waals surface area contributed by atoms with E-state index in [2.05, 4.69) is 4.94 Å². The standard InChI is InChI=1S/C9H19FO3/c1-3-7-12-9(11-4-2)6-5-8-13-10/h9H,3-8H2,1-2H3. The quantitative estimate of drug-likeness (QED) is 0.417. The number of hydrogen-bond acceptors (Lipinski definition) is 3. The van der Waals surface area contributed by atoms with Crippen molar-refractivity contribution in [1.29, 1.82) is 0 Å². The highest BCUT2D eigenvalue weighted by Crippen LogP contribution is 2.05. The molecular weight excluding hydrogens is 175 g/mol. The molecule has 3 nitrogen and oxygen atoms in total. The van der Waals surface area contributed by atoms with E-state index in [9.17, 15) is 4.53 Å². The van der Waals surface area contributed by atoms with Gasteiger partial charge in [0.15, 0.2) is 6.29 Å². The molecule has 0 aromatic heterocycles. The van der Waals surface area contributed by atoms with Crippen molar-refractivity contribution in [1.82, 2.24) is 0 Å². The Kier molecular flexibility index (Phi) is 9.75. The Labute approximate surface area is 79.1 Å². The van der Waals surface area contributed by atoms with Crippen molar-refractivity contribution in [2.45, 2.75) is 39.4 Å². The van der Waals surface area contributed by atoms with E-state index in [1.807, 2.05) is 13.8 Å². The van der Waals surface area contributed by atoms with E-state index in [0.717, 1.165) is 6.42 Å². The molecule has 0 radical (unpaired) electrons. The van der Waals surface area contributed by atoms with E-state index in [-0.39, 0.29) is 12.9 Å². The Morgan fingerprint density at radius 3 is 2.46 bits per heavy atom. The summed E-state index contributed by atoms with van der Waals surface area (Å²) in [5, 5.41) is 0. The fourth-order valence-electron chi connectivity index (χ4n) is 0.955. The predicted molar refractivity (Wildman–Crippen MR) is 48.0 cm³/mol. The van der Waals surface area contributed by atoms with Gasteiger partial charge in [-0.2, -0.15) is 4.94 Å². The predicted octanol–water partition coefficient (Wildman–Crippen LogP) is 2.46. The Balaban J connectivity index is 3.41. The lowest BCUT2D eigenvalue weighted by Gasteiger charge is -2.16. The van der Waals surface area contributed by atoms with Gasteiger partial charge in [0.25, 0.3) is 0 Å². The first-order chi connectivity index (χ1) is 6.35. The minimum absolute atomic E-state index is 0.110. The fraction of sp³-hybridized carbons (Fsp3) is 1.00. The topological polar surface area (TPSA) is 27.7 Å². The summed E-state index contributed by atoms with van der Waals surface area (Å²) in [6.07, 6.45) is 2.05. The highest BCUT2D eigenvalue weighted by Gasteiger charge is 2.07. The van der Waals surface area contributed by atoms with E-state index >= 15 is 0 Å². The molecule has 0 saturated carbocycles. The molecule has 0 N–H and O–H groups in total. The molecule has 0 aliphatic carbocycles. The number of rotatable bonds is 9. The minimum Gasteiger partial charge on any atom is -0.353 e. The van der Waals surface area contributed by atoms with Gasteiger partial charge in [-0.05, 0) is 24.3 Å². The first kappa shape index (κ1) is 12.8. The van der Waals surface area contributed by atoms with Crippen LogP contribution in [0.2, 0.25) is 0 Å². The Morgan fingerprint density at radius 1 is 1.15 bits per heavy atom. The maximum Gasteiger partial charge on any atom is 0.157 e. The van der Waals surface area contributed by atoms with Gasteiger partial charge in [-0.1, -0.05) is 6.92 Å². The van der Waals surface area contributed by atoms with E-state index in [1.54, 1.807) is 0 Å². The molecule has 0 amide bonds. The van der Waals surface area contributed by atoms with Crippen LogP contribution < -0.4 is 0 Å². The maximum atomic E-state index is 11.3. The second-order valence-corrected chi connectivity index (χ2v) is 2.71. The lowest BCUT2D eigenvalue weighted by Crippen LogP contribution is -2.18. The van der Waals surface area contributed by atoms with Crippen molar-refractivity contribution in [3.63, 3.8) is 0 Å². The van der Waals surface area contributed by atoms with E-state index < -0.39 is 0 Å². The van der Waals surface area contributed by atoms with Crippen molar-refractivity contribution in [3.8, 4) is 0 Å². The monoisotopic (exact) mass is 194 g/mol. The number of halogens is 1. The molecule has 1 unspecified atom stereocenters. The fourth-order valence-corrected chi connectivity index (χ4v) is 0.955. The van der Waals surface area contributed by atoms with Crippen LogP contribution in [0.15, 0.2) is 0 Å². The summed E-state index contributed by atoms with van der Waals surface area (Å²) in [5.74, 6) is 0. The molecule has 80 valence electrons. The second kappa shape index (κ2) is 9.89. The van der Waals surface area contributed by atoms with Crippen LogP contribution in [0.4, 0.5) is 4.53 Å². The lowest BCUT2D eigenvalue weighted by atomic mass is 10.3. The van der Waals surface area contributed by atoms with Crippen LogP contribution >= 0.6 is 0 Å². The summed E-state index contributed by atoms with van der Waals surface area (Å²) in [4.78, 5) is 3.46. The molecule has 4 heteroatoms. The molecule has 0 heterocycles. The average molecular weight is 194 g/mol. The molecule has 0 saturated heterocycles. The molecular formula is C9H19FO3. The highest BCUT2D eigenvalue weighted by molar-refractivity contribution is 4.45. The number of hydrogen-bond donors (Lipinski definition) is 0. The van der Waals surface area contributed by atoms with Crippen LogP contribution in [-0.2, 0) is 14.4 Å². The summed E-state index contributed by atoms with van der Waals surface area (Å²) in [5.41, 5.74) is 0. The molecule has 13 heavy (non-hydrogen) atoms. The molecule has 0 fully saturated rings. The van der Waals surface area contributed by atoms with E-state index in [0.29, 0.717) is 26.1 Å². The number of ether oxygens (including phenoxy) is 2. The molecule has 0 rings (SSSR count). The molecule has 0 aromatic carbocycles. The van der Waals surface area contributed by atoms with Crippen LogP contribution in [0.25, 0.3) is 0 Å². The van der Waals surface area contributed by atoms with Gasteiger partial charge in [0.05, 0.1) is 6.61 Å². The van der Waals surface area contributed by atoms with Gasteiger partial charge in [-0.15, -0.1) is 0 Å². The third-order valence-electron chi connectivity index (χ3n) is 1.52. The van der Waals surface area contributed by atoms with Crippen LogP contribution in [-0.4, -0.2) is 26.1 Å². The molecule has 0 spiro atoms. The third-order valence-corrected chi connectivity index (χ3v) is 1.52. The SMILES string of the molecule is CCCOC(CCCOF)OCC. The summed E-state index contributed by atoms with van der Waals surface area (Å²) >= 11 is 0. The Bertz CT molecular complexity index is 101.